The molecule has 0 aliphatic heterocycles. The fraction of sp³-hybridized carbons (Fsp3) is 0.357. The molecule has 21 heavy (non-hydrogen) atoms. The minimum absolute atomic E-state index is 0.215. The first-order chi connectivity index (χ1) is 9.76. The van der Waals surface area contributed by atoms with Gasteiger partial charge in [0.05, 0.1) is 22.4 Å². The lowest BCUT2D eigenvalue weighted by Crippen LogP contribution is -2.18. The Morgan fingerprint density at radius 2 is 1.90 bits per heavy atom. The normalized spacial score (nSPS) is 13.0. The van der Waals surface area contributed by atoms with Crippen molar-refractivity contribution < 1.29 is 17.9 Å². The van der Waals surface area contributed by atoms with Gasteiger partial charge in [-0.05, 0) is 32.9 Å². The Kier molecular flexibility index (Phi) is 4.41. The number of hydrogen-bond acceptors (Lipinski definition) is 4. The Labute approximate surface area is 124 Å². The van der Waals surface area contributed by atoms with E-state index in [1.54, 1.807) is 23.5 Å². The van der Waals surface area contributed by atoms with Gasteiger partial charge in [-0.3, -0.25) is 0 Å². The molecule has 1 aromatic heterocycles. The number of halogens is 3. The van der Waals surface area contributed by atoms with Crippen molar-refractivity contribution in [1.29, 1.82) is 0 Å². The number of aryl methyl sites for hydroxylation is 2. The molecule has 7 heteroatoms. The number of hydrogen-bond donors (Lipinski definition) is 1. The van der Waals surface area contributed by atoms with Crippen molar-refractivity contribution in [3.63, 3.8) is 0 Å². The summed E-state index contributed by atoms with van der Waals surface area (Å²) in [6.07, 6.45) is -4.71. The molecule has 2 rings (SSSR count). The molecule has 0 amide bonds. The molecule has 0 radical (unpaired) electrons. The molecule has 1 atom stereocenters. The molecular weight excluding hydrogens is 301 g/mol. The molecule has 114 valence electrons. The summed E-state index contributed by atoms with van der Waals surface area (Å²) in [5.41, 5.74) is 1.12. The highest BCUT2D eigenvalue weighted by Gasteiger charge is 2.32. The molecular formula is C14H15F3N2OS. The van der Waals surface area contributed by atoms with Crippen LogP contribution in [-0.4, -0.2) is 11.3 Å². The number of benzene rings is 1. The quantitative estimate of drug-likeness (QED) is 0.877. The zero-order valence-corrected chi connectivity index (χ0v) is 12.6. The van der Waals surface area contributed by atoms with Crippen molar-refractivity contribution >= 4 is 17.0 Å². The number of aromatic nitrogens is 1. The van der Waals surface area contributed by atoms with E-state index in [0.717, 1.165) is 15.6 Å². The molecule has 0 saturated carbocycles. The van der Waals surface area contributed by atoms with Gasteiger partial charge in [-0.1, -0.05) is 12.1 Å². The minimum atomic E-state index is -4.71. The molecule has 0 bridgehead atoms. The van der Waals surface area contributed by atoms with Crippen molar-refractivity contribution in [1.82, 2.24) is 4.98 Å². The first kappa shape index (κ1) is 15.6. The molecule has 0 spiro atoms. The lowest BCUT2D eigenvalue weighted by atomic mass is 10.2. The highest BCUT2D eigenvalue weighted by Crippen LogP contribution is 2.33. The van der Waals surface area contributed by atoms with Crippen LogP contribution in [0.15, 0.2) is 24.3 Å². The van der Waals surface area contributed by atoms with Crippen LogP contribution < -0.4 is 10.1 Å². The van der Waals surface area contributed by atoms with E-state index >= 15 is 0 Å². The van der Waals surface area contributed by atoms with E-state index in [9.17, 15) is 13.2 Å². The Morgan fingerprint density at radius 1 is 1.24 bits per heavy atom. The van der Waals surface area contributed by atoms with Crippen molar-refractivity contribution in [2.24, 2.45) is 0 Å². The number of nitrogens with one attached hydrogen (secondary N) is 1. The van der Waals surface area contributed by atoms with E-state index in [1.165, 1.54) is 12.1 Å². The number of ether oxygens (including phenoxy) is 1. The summed E-state index contributed by atoms with van der Waals surface area (Å²) in [5, 5.41) is 3.95. The van der Waals surface area contributed by atoms with Crippen molar-refractivity contribution in [2.45, 2.75) is 33.2 Å². The minimum Gasteiger partial charge on any atom is -0.404 e. The molecule has 0 fully saturated rings. The topological polar surface area (TPSA) is 34.2 Å². The summed E-state index contributed by atoms with van der Waals surface area (Å²) in [5.74, 6) is -0.249. The van der Waals surface area contributed by atoms with Crippen LogP contribution in [0.1, 0.15) is 28.5 Å². The fourth-order valence-corrected chi connectivity index (χ4v) is 2.96. The average molecular weight is 316 g/mol. The molecule has 1 N–H and O–H groups in total. The Morgan fingerprint density at radius 3 is 2.48 bits per heavy atom. The highest BCUT2D eigenvalue weighted by molar-refractivity contribution is 7.11. The summed E-state index contributed by atoms with van der Waals surface area (Å²) in [4.78, 5) is 5.45. The fourth-order valence-electron chi connectivity index (χ4n) is 2.05. The van der Waals surface area contributed by atoms with Gasteiger partial charge in [-0.15, -0.1) is 24.5 Å². The van der Waals surface area contributed by atoms with Gasteiger partial charge in [0, 0.05) is 4.88 Å². The number of anilines is 1. The van der Waals surface area contributed by atoms with Crippen LogP contribution in [-0.2, 0) is 0 Å². The standard InChI is InChI=1S/C14H15F3N2OS/c1-8(13-9(2)21-10(3)19-13)18-11-6-4-5-7-12(11)20-14(15,16)17/h4-8,18H,1-3H3. The third kappa shape index (κ3) is 4.10. The van der Waals surface area contributed by atoms with Crippen LogP contribution in [0.2, 0.25) is 0 Å². The molecule has 0 aliphatic rings. The smallest absolute Gasteiger partial charge is 0.404 e. The second-order valence-corrected chi connectivity index (χ2v) is 5.99. The van der Waals surface area contributed by atoms with Crippen molar-refractivity contribution in [3.05, 3.63) is 39.8 Å². The van der Waals surface area contributed by atoms with Gasteiger partial charge in [0.15, 0.2) is 5.75 Å². The van der Waals surface area contributed by atoms with Gasteiger partial charge in [0.25, 0.3) is 0 Å². The Balaban J connectivity index is 2.21. The largest absolute Gasteiger partial charge is 0.573 e. The van der Waals surface area contributed by atoms with Crippen LogP contribution in [0.3, 0.4) is 0 Å². The number of alkyl halides is 3. The third-order valence-corrected chi connectivity index (χ3v) is 3.74. The van der Waals surface area contributed by atoms with Gasteiger partial charge in [-0.2, -0.15) is 0 Å². The molecule has 0 aliphatic carbocycles. The van der Waals surface area contributed by atoms with Crippen molar-refractivity contribution in [3.8, 4) is 5.75 Å². The van der Waals surface area contributed by atoms with E-state index in [4.69, 9.17) is 0 Å². The molecule has 1 unspecified atom stereocenters. The summed E-state index contributed by atoms with van der Waals surface area (Å²) >= 11 is 1.56. The van der Waals surface area contributed by atoms with E-state index < -0.39 is 6.36 Å². The van der Waals surface area contributed by atoms with Gasteiger partial charge < -0.3 is 10.1 Å². The lowest BCUT2D eigenvalue weighted by Gasteiger charge is -2.18. The summed E-state index contributed by atoms with van der Waals surface area (Å²) in [6.45, 7) is 5.69. The van der Waals surface area contributed by atoms with Crippen LogP contribution in [0.4, 0.5) is 18.9 Å². The first-order valence-electron chi connectivity index (χ1n) is 6.31. The second kappa shape index (κ2) is 5.93. The molecule has 1 aromatic carbocycles. The van der Waals surface area contributed by atoms with Gasteiger partial charge in [-0.25, -0.2) is 4.98 Å². The predicted octanol–water partition coefficient (Wildman–Crippen LogP) is 4.83. The predicted molar refractivity (Wildman–Crippen MR) is 76.8 cm³/mol. The maximum Gasteiger partial charge on any atom is 0.573 e. The number of thiazole rings is 1. The Bertz CT molecular complexity index is 625. The first-order valence-corrected chi connectivity index (χ1v) is 7.13. The van der Waals surface area contributed by atoms with E-state index in [1.807, 2.05) is 20.8 Å². The van der Waals surface area contributed by atoms with E-state index in [0.29, 0.717) is 0 Å². The maximum atomic E-state index is 12.4. The van der Waals surface area contributed by atoms with Gasteiger partial charge in [0.1, 0.15) is 0 Å². The molecule has 2 aromatic rings. The van der Waals surface area contributed by atoms with Crippen molar-refractivity contribution in [2.75, 3.05) is 5.32 Å². The summed E-state index contributed by atoms with van der Waals surface area (Å²) in [6, 6.07) is 5.76. The zero-order chi connectivity index (χ0) is 15.6. The SMILES string of the molecule is Cc1nc(C(C)Nc2ccccc2OC(F)(F)F)c(C)s1. The average Bonchev–Trinajstić information content (AvgIpc) is 2.69. The van der Waals surface area contributed by atoms with Gasteiger partial charge >= 0.3 is 6.36 Å². The molecule has 0 saturated heterocycles. The number of rotatable bonds is 4. The van der Waals surface area contributed by atoms with Crippen LogP contribution >= 0.6 is 11.3 Å². The van der Waals surface area contributed by atoms with E-state index in [-0.39, 0.29) is 17.5 Å². The monoisotopic (exact) mass is 316 g/mol. The number of para-hydroxylation sites is 2. The zero-order valence-electron chi connectivity index (χ0n) is 11.8. The second-order valence-electron chi connectivity index (χ2n) is 4.58. The van der Waals surface area contributed by atoms with Crippen LogP contribution in [0.25, 0.3) is 0 Å². The highest BCUT2D eigenvalue weighted by atomic mass is 32.1. The number of nitrogens with zero attached hydrogens (tertiary/aromatic N) is 1. The van der Waals surface area contributed by atoms with Gasteiger partial charge in [0.2, 0.25) is 0 Å². The lowest BCUT2D eigenvalue weighted by molar-refractivity contribution is -0.274. The van der Waals surface area contributed by atoms with Crippen LogP contribution in [0.5, 0.6) is 5.75 Å². The summed E-state index contributed by atoms with van der Waals surface area (Å²) in [7, 11) is 0. The summed E-state index contributed by atoms with van der Waals surface area (Å²) < 4.78 is 41.2. The van der Waals surface area contributed by atoms with E-state index in [2.05, 4.69) is 15.0 Å². The van der Waals surface area contributed by atoms with Crippen LogP contribution in [0, 0.1) is 13.8 Å². The Hall–Kier alpha value is -1.76. The molecule has 1 heterocycles. The molecule has 3 nitrogen and oxygen atoms in total. The third-order valence-electron chi connectivity index (χ3n) is 2.83. The maximum absolute atomic E-state index is 12.4.